The highest BCUT2D eigenvalue weighted by atomic mass is 79.9. The highest BCUT2D eigenvalue weighted by Crippen LogP contribution is 2.23. The summed E-state index contributed by atoms with van der Waals surface area (Å²) in [4.78, 5) is 35.0. The molecule has 2 N–H and O–H groups in total. The summed E-state index contributed by atoms with van der Waals surface area (Å²) in [5, 5.41) is 3.54. The van der Waals surface area contributed by atoms with Crippen LogP contribution in [0.1, 0.15) is 32.6 Å². The fourth-order valence-corrected chi connectivity index (χ4v) is 4.13. The number of ether oxygens (including phenoxy) is 1. The number of aromatic amines is 1. The topological polar surface area (TPSA) is 87.3 Å². The maximum absolute atomic E-state index is 12.9. The third kappa shape index (κ3) is 4.66. The van der Waals surface area contributed by atoms with E-state index in [0.717, 1.165) is 11.0 Å². The molecule has 0 unspecified atom stereocenters. The number of benzene rings is 2. The second-order valence-corrected chi connectivity index (χ2v) is 8.43. The zero-order chi connectivity index (χ0) is 22.0. The van der Waals surface area contributed by atoms with Crippen molar-refractivity contribution in [3.05, 3.63) is 75.0 Å². The molecule has 7 nitrogen and oxygen atoms in total. The number of fused-ring (bicyclic) bond motifs is 1. The maximum atomic E-state index is 12.9. The van der Waals surface area contributed by atoms with Crippen molar-refractivity contribution in [3.8, 4) is 0 Å². The number of nitrogens with one attached hydrogen (secondary N) is 2. The van der Waals surface area contributed by atoms with Gasteiger partial charge in [-0.25, -0.2) is 4.98 Å². The minimum absolute atomic E-state index is 0.0815. The molecule has 2 aromatic carbocycles. The van der Waals surface area contributed by atoms with Crippen LogP contribution < -0.4 is 5.32 Å². The van der Waals surface area contributed by atoms with E-state index in [4.69, 9.17) is 16.3 Å². The lowest BCUT2D eigenvalue weighted by molar-refractivity contribution is 0.0797. The van der Waals surface area contributed by atoms with Crippen LogP contribution in [0, 0.1) is 0 Å². The zero-order valence-corrected chi connectivity index (χ0v) is 19.0. The third-order valence-electron chi connectivity index (χ3n) is 5.00. The van der Waals surface area contributed by atoms with Crippen LogP contribution in [-0.2, 0) is 4.74 Å². The first-order valence-corrected chi connectivity index (χ1v) is 10.8. The Labute approximate surface area is 192 Å². The minimum atomic E-state index is -0.487. The first-order valence-electron chi connectivity index (χ1n) is 9.65. The lowest BCUT2D eigenvalue weighted by Crippen LogP contribution is -2.32. The van der Waals surface area contributed by atoms with Crippen LogP contribution in [0.4, 0.5) is 0 Å². The summed E-state index contributed by atoms with van der Waals surface area (Å²) >= 11 is 9.48. The first kappa shape index (κ1) is 21.5. The van der Waals surface area contributed by atoms with Crippen molar-refractivity contribution in [3.63, 3.8) is 0 Å². The highest BCUT2D eigenvalue weighted by Gasteiger charge is 2.22. The Morgan fingerprint density at radius 1 is 1.26 bits per heavy atom. The Kier molecular flexibility index (Phi) is 6.41. The Hall–Kier alpha value is -2.68. The van der Waals surface area contributed by atoms with Crippen molar-refractivity contribution < 1.29 is 14.3 Å². The van der Waals surface area contributed by atoms with Crippen LogP contribution >= 0.6 is 27.5 Å². The molecule has 0 radical (unpaired) electrons. The Balaban J connectivity index is 1.53. The van der Waals surface area contributed by atoms with E-state index in [2.05, 4.69) is 31.2 Å². The molecular formula is C22H20BrClN4O3. The van der Waals surface area contributed by atoms with Gasteiger partial charge in [-0.3, -0.25) is 9.59 Å². The molecular weight excluding hydrogens is 484 g/mol. The summed E-state index contributed by atoms with van der Waals surface area (Å²) in [5.74, 6) is 0.185. The molecule has 1 aliphatic heterocycles. The zero-order valence-electron chi connectivity index (χ0n) is 16.7. The number of hydrogen-bond donors (Lipinski definition) is 2. The minimum Gasteiger partial charge on any atom is -0.382 e. The van der Waals surface area contributed by atoms with Crippen LogP contribution in [0.2, 0.25) is 5.02 Å². The van der Waals surface area contributed by atoms with Crippen LogP contribution in [0.3, 0.4) is 0 Å². The van der Waals surface area contributed by atoms with Gasteiger partial charge in [-0.1, -0.05) is 23.8 Å². The summed E-state index contributed by atoms with van der Waals surface area (Å²) in [6.07, 6.45) is 3.91. The number of amides is 2. The van der Waals surface area contributed by atoms with Gasteiger partial charge in [0.25, 0.3) is 11.8 Å². The molecule has 1 atom stereocenters. The average Bonchev–Trinajstić information content (AvgIpc) is 3.42. The summed E-state index contributed by atoms with van der Waals surface area (Å²) in [6.45, 7) is 1.42. The van der Waals surface area contributed by atoms with Crippen molar-refractivity contribution in [2.75, 3.05) is 26.8 Å². The molecule has 2 heterocycles. The molecule has 3 aromatic rings. The van der Waals surface area contributed by atoms with Gasteiger partial charge in [0.15, 0.2) is 0 Å². The largest absolute Gasteiger partial charge is 0.382 e. The van der Waals surface area contributed by atoms with Crippen molar-refractivity contribution in [2.24, 2.45) is 0 Å². The number of aromatic nitrogens is 2. The molecule has 1 aromatic heterocycles. The van der Waals surface area contributed by atoms with Gasteiger partial charge >= 0.3 is 0 Å². The van der Waals surface area contributed by atoms with E-state index in [-0.39, 0.29) is 18.4 Å². The molecule has 31 heavy (non-hydrogen) atoms. The molecule has 0 bridgehead atoms. The number of methoxy groups -OCH3 is 1. The fraction of sp³-hybridized carbons (Fsp3) is 0.227. The summed E-state index contributed by atoms with van der Waals surface area (Å²) in [5.41, 5.74) is 2.46. The Morgan fingerprint density at radius 3 is 2.74 bits per heavy atom. The number of nitrogens with zero attached hydrogens (tertiary/aromatic N) is 2. The van der Waals surface area contributed by atoms with E-state index in [1.54, 1.807) is 42.3 Å². The van der Waals surface area contributed by atoms with Gasteiger partial charge in [0, 0.05) is 35.3 Å². The van der Waals surface area contributed by atoms with E-state index in [1.807, 2.05) is 18.2 Å². The second-order valence-electron chi connectivity index (χ2n) is 7.14. The van der Waals surface area contributed by atoms with E-state index >= 15 is 0 Å². The van der Waals surface area contributed by atoms with E-state index < -0.39 is 6.04 Å². The van der Waals surface area contributed by atoms with Crippen LogP contribution in [0.5, 0.6) is 0 Å². The number of carbonyl (C=O) groups excluding carboxylic acids is 2. The standard InChI is InChI=1S/C22H20BrClN4O3/c1-31-12-19(20-25-17-7-5-14(24)11-18(17)26-20)27-21(29)13-4-6-15(16(23)10-13)22(30)28-8-2-3-9-28/h2-7,10-11,19H,8-9,12H2,1H3,(H,25,26)(H,27,29)/t19-/m0/s1. The van der Waals surface area contributed by atoms with Crippen molar-refractivity contribution in [1.29, 1.82) is 0 Å². The smallest absolute Gasteiger partial charge is 0.255 e. The lowest BCUT2D eigenvalue weighted by Gasteiger charge is -2.18. The number of hydrogen-bond acceptors (Lipinski definition) is 4. The third-order valence-corrected chi connectivity index (χ3v) is 5.89. The first-order chi connectivity index (χ1) is 15.0. The number of imidazole rings is 1. The number of H-pyrrole nitrogens is 1. The van der Waals surface area contributed by atoms with Gasteiger partial charge in [0.1, 0.15) is 11.9 Å². The van der Waals surface area contributed by atoms with Crippen LogP contribution in [-0.4, -0.2) is 53.5 Å². The fourth-order valence-electron chi connectivity index (χ4n) is 3.41. The molecule has 160 valence electrons. The van der Waals surface area contributed by atoms with Gasteiger partial charge in [-0.2, -0.15) is 0 Å². The average molecular weight is 504 g/mol. The second kappa shape index (κ2) is 9.21. The number of rotatable bonds is 6. The predicted molar refractivity (Wildman–Crippen MR) is 122 cm³/mol. The molecule has 0 aliphatic carbocycles. The van der Waals surface area contributed by atoms with Crippen molar-refractivity contribution in [1.82, 2.24) is 20.2 Å². The Morgan fingerprint density at radius 2 is 2.03 bits per heavy atom. The van der Waals surface area contributed by atoms with E-state index in [0.29, 0.717) is 39.5 Å². The van der Waals surface area contributed by atoms with Crippen molar-refractivity contribution in [2.45, 2.75) is 6.04 Å². The highest BCUT2D eigenvalue weighted by molar-refractivity contribution is 9.10. The monoisotopic (exact) mass is 502 g/mol. The molecule has 9 heteroatoms. The molecule has 0 saturated heterocycles. The quantitative estimate of drug-likeness (QED) is 0.496. The predicted octanol–water partition coefficient (Wildman–Crippen LogP) is 4.11. The lowest BCUT2D eigenvalue weighted by atomic mass is 10.1. The van der Waals surface area contributed by atoms with Gasteiger partial charge in [0.05, 0.1) is 23.2 Å². The normalized spacial score (nSPS) is 14.2. The molecule has 4 rings (SSSR count). The SMILES string of the molecule is COC[C@H](NC(=O)c1ccc(C(=O)N2CC=CC2)c(Br)c1)c1nc2ccc(Cl)cc2[nH]1. The molecule has 0 fully saturated rings. The van der Waals surface area contributed by atoms with E-state index in [9.17, 15) is 9.59 Å². The van der Waals surface area contributed by atoms with Gasteiger partial charge in [-0.05, 0) is 52.3 Å². The van der Waals surface area contributed by atoms with Gasteiger partial charge in [-0.15, -0.1) is 0 Å². The maximum Gasteiger partial charge on any atom is 0.255 e. The van der Waals surface area contributed by atoms with E-state index in [1.165, 1.54) is 0 Å². The summed E-state index contributed by atoms with van der Waals surface area (Å²) < 4.78 is 5.85. The van der Waals surface area contributed by atoms with Crippen molar-refractivity contribution >= 4 is 50.4 Å². The summed E-state index contributed by atoms with van der Waals surface area (Å²) in [7, 11) is 1.56. The molecule has 2 amide bonds. The number of halogens is 2. The molecule has 0 saturated carbocycles. The van der Waals surface area contributed by atoms with Gasteiger partial charge in [0.2, 0.25) is 0 Å². The van der Waals surface area contributed by atoms with Gasteiger partial charge < -0.3 is 19.9 Å². The van der Waals surface area contributed by atoms with Crippen LogP contribution in [0.15, 0.2) is 53.0 Å². The van der Waals surface area contributed by atoms with Crippen LogP contribution in [0.25, 0.3) is 11.0 Å². The molecule has 0 spiro atoms. The Bertz CT molecular complexity index is 1170. The number of carbonyl (C=O) groups is 2. The summed E-state index contributed by atoms with van der Waals surface area (Å²) in [6, 6.07) is 9.81. The molecule has 1 aliphatic rings.